The lowest BCUT2D eigenvalue weighted by Gasteiger charge is -2.23. The number of carbonyl (C=O) groups is 1. The van der Waals surface area contributed by atoms with E-state index in [-0.39, 0.29) is 11.3 Å². The normalized spacial score (nSPS) is 17.7. The molecule has 1 saturated heterocycles. The number of H-pyrrole nitrogens is 1. The standard InChI is InChI=1S/C17H21N3O2S/c1-3-14-18-12(2)16(19-14)17-20(15(21)11-23-17)9-10-22-13-7-5-4-6-8-13/h4-8,17H,3,9-11H2,1-2H3,(H,18,19). The van der Waals surface area contributed by atoms with E-state index in [1.54, 1.807) is 11.8 Å². The molecule has 2 heterocycles. The number of nitrogens with zero attached hydrogens (tertiary/aromatic N) is 2. The molecule has 3 rings (SSSR count). The van der Waals surface area contributed by atoms with Gasteiger partial charge in [0.05, 0.1) is 18.0 Å². The first kappa shape index (κ1) is 15.9. The van der Waals surface area contributed by atoms with Gasteiger partial charge in [0.25, 0.3) is 0 Å². The zero-order valence-corrected chi connectivity index (χ0v) is 14.2. The van der Waals surface area contributed by atoms with Crippen molar-refractivity contribution < 1.29 is 9.53 Å². The highest BCUT2D eigenvalue weighted by atomic mass is 32.2. The molecule has 1 aliphatic heterocycles. The van der Waals surface area contributed by atoms with Crippen molar-refractivity contribution in [2.75, 3.05) is 18.9 Å². The maximum Gasteiger partial charge on any atom is 0.234 e. The summed E-state index contributed by atoms with van der Waals surface area (Å²) in [7, 11) is 0. The highest BCUT2D eigenvalue weighted by Crippen LogP contribution is 2.38. The highest BCUT2D eigenvalue weighted by Gasteiger charge is 2.35. The van der Waals surface area contributed by atoms with Gasteiger partial charge in [-0.05, 0) is 19.1 Å². The van der Waals surface area contributed by atoms with E-state index in [9.17, 15) is 4.79 Å². The molecule has 23 heavy (non-hydrogen) atoms. The second-order valence-electron chi connectivity index (χ2n) is 5.46. The predicted octanol–water partition coefficient (Wildman–Crippen LogP) is 2.93. The Bertz CT molecular complexity index is 672. The van der Waals surface area contributed by atoms with Gasteiger partial charge < -0.3 is 14.6 Å². The van der Waals surface area contributed by atoms with Gasteiger partial charge in [0.1, 0.15) is 23.6 Å². The number of nitrogens with one attached hydrogen (secondary N) is 1. The highest BCUT2D eigenvalue weighted by molar-refractivity contribution is 8.00. The quantitative estimate of drug-likeness (QED) is 0.884. The van der Waals surface area contributed by atoms with Crippen molar-refractivity contribution in [2.24, 2.45) is 0 Å². The fraction of sp³-hybridized carbons (Fsp3) is 0.412. The van der Waals surface area contributed by atoms with Gasteiger partial charge in [-0.2, -0.15) is 0 Å². The zero-order chi connectivity index (χ0) is 16.2. The number of imidazole rings is 1. The molecule has 0 aliphatic carbocycles. The topological polar surface area (TPSA) is 58.2 Å². The number of hydrogen-bond acceptors (Lipinski definition) is 4. The molecule has 1 amide bonds. The Morgan fingerprint density at radius 1 is 1.39 bits per heavy atom. The van der Waals surface area contributed by atoms with Crippen LogP contribution < -0.4 is 4.74 Å². The maximum atomic E-state index is 12.2. The average molecular weight is 331 g/mol. The Labute approximate surface area is 140 Å². The number of thioether (sulfide) groups is 1. The molecule has 1 unspecified atom stereocenters. The van der Waals surface area contributed by atoms with Gasteiger partial charge in [0, 0.05) is 12.1 Å². The third kappa shape index (κ3) is 3.52. The number of benzene rings is 1. The summed E-state index contributed by atoms with van der Waals surface area (Å²) in [5.74, 6) is 2.45. The van der Waals surface area contributed by atoms with Crippen LogP contribution in [0.15, 0.2) is 30.3 Å². The lowest BCUT2D eigenvalue weighted by atomic mass is 10.3. The Kier molecular flexibility index (Phi) is 4.91. The van der Waals surface area contributed by atoms with Crippen molar-refractivity contribution in [1.29, 1.82) is 0 Å². The molecule has 1 atom stereocenters. The maximum absolute atomic E-state index is 12.2. The molecule has 0 bridgehead atoms. The van der Waals surface area contributed by atoms with E-state index in [1.807, 2.05) is 42.2 Å². The molecule has 5 nitrogen and oxygen atoms in total. The van der Waals surface area contributed by atoms with Gasteiger partial charge in [0.2, 0.25) is 5.91 Å². The zero-order valence-electron chi connectivity index (χ0n) is 13.4. The Hall–Kier alpha value is -1.95. The molecule has 1 aromatic carbocycles. The number of carbonyl (C=O) groups excluding carboxylic acids is 1. The second-order valence-corrected chi connectivity index (χ2v) is 6.53. The summed E-state index contributed by atoms with van der Waals surface area (Å²) in [4.78, 5) is 22.0. The predicted molar refractivity (Wildman–Crippen MR) is 91.6 cm³/mol. The molecule has 0 saturated carbocycles. The average Bonchev–Trinajstić information content (AvgIpc) is 3.11. The molecule has 122 valence electrons. The molecule has 1 aromatic heterocycles. The molecule has 0 spiro atoms. The summed E-state index contributed by atoms with van der Waals surface area (Å²) in [6.45, 7) is 5.14. The molecule has 1 fully saturated rings. The van der Waals surface area contributed by atoms with E-state index in [1.165, 1.54) is 0 Å². The number of amides is 1. The molecule has 6 heteroatoms. The number of rotatable bonds is 6. The molecule has 0 radical (unpaired) electrons. The van der Waals surface area contributed by atoms with Gasteiger partial charge in [0.15, 0.2) is 0 Å². The van der Waals surface area contributed by atoms with Crippen LogP contribution in [0.4, 0.5) is 0 Å². The summed E-state index contributed by atoms with van der Waals surface area (Å²) < 4.78 is 5.73. The van der Waals surface area contributed by atoms with Crippen molar-refractivity contribution in [3.05, 3.63) is 47.5 Å². The van der Waals surface area contributed by atoms with Crippen molar-refractivity contribution in [3.8, 4) is 5.75 Å². The molecular weight excluding hydrogens is 310 g/mol. The van der Waals surface area contributed by atoms with E-state index < -0.39 is 0 Å². The summed E-state index contributed by atoms with van der Waals surface area (Å²) in [6, 6.07) is 9.67. The summed E-state index contributed by atoms with van der Waals surface area (Å²) >= 11 is 1.63. The van der Waals surface area contributed by atoms with Crippen molar-refractivity contribution in [3.63, 3.8) is 0 Å². The Morgan fingerprint density at radius 2 is 2.17 bits per heavy atom. The first-order valence-corrected chi connectivity index (χ1v) is 8.88. The molecule has 1 N–H and O–H groups in total. The Balaban J connectivity index is 1.66. The van der Waals surface area contributed by atoms with E-state index in [0.717, 1.165) is 29.4 Å². The van der Waals surface area contributed by atoms with Gasteiger partial charge in [-0.15, -0.1) is 11.8 Å². The monoisotopic (exact) mass is 331 g/mol. The number of aromatic amines is 1. The number of ether oxygens (including phenoxy) is 1. The van der Waals surface area contributed by atoms with Gasteiger partial charge in [-0.3, -0.25) is 4.79 Å². The lowest BCUT2D eigenvalue weighted by Crippen LogP contribution is -2.32. The van der Waals surface area contributed by atoms with E-state index in [0.29, 0.717) is 18.9 Å². The number of para-hydroxylation sites is 1. The summed E-state index contributed by atoms with van der Waals surface area (Å²) in [5.41, 5.74) is 2.01. The fourth-order valence-electron chi connectivity index (χ4n) is 2.65. The van der Waals surface area contributed by atoms with Crippen LogP contribution in [0.5, 0.6) is 5.75 Å². The second kappa shape index (κ2) is 7.08. The summed E-state index contributed by atoms with van der Waals surface area (Å²) in [5, 5.41) is -0.0153. The third-order valence-electron chi connectivity index (χ3n) is 3.85. The van der Waals surface area contributed by atoms with Gasteiger partial charge in [-0.25, -0.2) is 4.98 Å². The smallest absolute Gasteiger partial charge is 0.234 e. The third-order valence-corrected chi connectivity index (χ3v) is 5.06. The Morgan fingerprint density at radius 3 is 2.87 bits per heavy atom. The molecule has 2 aromatic rings. The fourth-order valence-corrected chi connectivity index (χ4v) is 3.90. The minimum Gasteiger partial charge on any atom is -0.492 e. The largest absolute Gasteiger partial charge is 0.492 e. The molecule has 1 aliphatic rings. The van der Waals surface area contributed by atoms with Gasteiger partial charge >= 0.3 is 0 Å². The van der Waals surface area contributed by atoms with Crippen LogP contribution in [0, 0.1) is 6.92 Å². The van der Waals surface area contributed by atoms with E-state index >= 15 is 0 Å². The first-order valence-electron chi connectivity index (χ1n) is 7.83. The van der Waals surface area contributed by atoms with Crippen LogP contribution in [0.25, 0.3) is 0 Å². The van der Waals surface area contributed by atoms with Crippen LogP contribution in [-0.4, -0.2) is 39.7 Å². The minimum absolute atomic E-state index is 0.0153. The minimum atomic E-state index is -0.0153. The van der Waals surface area contributed by atoms with Crippen LogP contribution in [0.2, 0.25) is 0 Å². The number of aryl methyl sites for hydroxylation is 2. The van der Waals surface area contributed by atoms with E-state index in [4.69, 9.17) is 4.74 Å². The first-order chi connectivity index (χ1) is 11.2. The van der Waals surface area contributed by atoms with Crippen molar-refractivity contribution >= 4 is 17.7 Å². The number of hydrogen-bond donors (Lipinski definition) is 1. The van der Waals surface area contributed by atoms with Crippen LogP contribution in [-0.2, 0) is 11.2 Å². The van der Waals surface area contributed by atoms with Crippen LogP contribution >= 0.6 is 11.8 Å². The van der Waals surface area contributed by atoms with Crippen molar-refractivity contribution in [2.45, 2.75) is 25.6 Å². The SMILES string of the molecule is CCc1nc(C2SCC(=O)N2CCOc2ccccc2)c(C)[nH]1. The molecular formula is C17H21N3O2S. The summed E-state index contributed by atoms with van der Waals surface area (Å²) in [6.07, 6.45) is 0.864. The van der Waals surface area contributed by atoms with Crippen LogP contribution in [0.1, 0.15) is 29.5 Å². The van der Waals surface area contributed by atoms with E-state index in [2.05, 4.69) is 16.9 Å². The van der Waals surface area contributed by atoms with Gasteiger partial charge in [-0.1, -0.05) is 25.1 Å². The van der Waals surface area contributed by atoms with Crippen LogP contribution in [0.3, 0.4) is 0 Å². The lowest BCUT2D eigenvalue weighted by molar-refractivity contribution is -0.128. The van der Waals surface area contributed by atoms with Crippen molar-refractivity contribution in [1.82, 2.24) is 14.9 Å². The number of aromatic nitrogens is 2.